The Hall–Kier alpha value is -4.97. The molecule has 0 saturated heterocycles. The molecule has 2 atom stereocenters. The van der Waals surface area contributed by atoms with Crippen LogP contribution in [0.25, 0.3) is 0 Å². The SMILES string of the molecule is CCOC(=O)/C=C/[C@@H](COC(c1ccccc1)(c1ccc(OC)cc1)c1ccc(OC)cc1)O[C@H](CO)n1cc(C)c(=O)[nH]c1=O. The zero-order valence-corrected chi connectivity index (χ0v) is 26.2. The maximum absolute atomic E-state index is 12.7. The lowest BCUT2D eigenvalue weighted by Crippen LogP contribution is -2.39. The second-order valence-electron chi connectivity index (χ2n) is 10.2. The number of hydrogen-bond donors (Lipinski definition) is 2. The molecule has 0 aliphatic heterocycles. The summed E-state index contributed by atoms with van der Waals surface area (Å²) in [6.07, 6.45) is 1.74. The Morgan fingerprint density at radius 1 is 0.913 bits per heavy atom. The van der Waals surface area contributed by atoms with Crippen molar-refractivity contribution in [1.29, 1.82) is 0 Å². The van der Waals surface area contributed by atoms with Gasteiger partial charge in [-0.2, -0.15) is 0 Å². The van der Waals surface area contributed by atoms with Crippen molar-refractivity contribution < 1.29 is 33.6 Å². The molecule has 0 saturated carbocycles. The molecular formula is C35H38N2O9. The summed E-state index contributed by atoms with van der Waals surface area (Å²) in [5.41, 5.74) is 0.0564. The Labute approximate surface area is 266 Å². The largest absolute Gasteiger partial charge is 0.497 e. The first-order chi connectivity index (χ1) is 22.2. The number of aromatic amines is 1. The third-order valence-corrected chi connectivity index (χ3v) is 7.32. The molecule has 0 bridgehead atoms. The van der Waals surface area contributed by atoms with Gasteiger partial charge in [0.15, 0.2) is 6.23 Å². The number of hydrogen-bond acceptors (Lipinski definition) is 9. The molecule has 46 heavy (non-hydrogen) atoms. The molecular weight excluding hydrogens is 592 g/mol. The molecule has 1 heterocycles. The minimum atomic E-state index is -1.23. The highest BCUT2D eigenvalue weighted by Gasteiger charge is 2.39. The lowest BCUT2D eigenvalue weighted by atomic mass is 9.80. The van der Waals surface area contributed by atoms with Crippen LogP contribution in [0.4, 0.5) is 0 Å². The Bertz CT molecular complexity index is 1660. The smallest absolute Gasteiger partial charge is 0.330 e. The van der Waals surface area contributed by atoms with Gasteiger partial charge in [0.25, 0.3) is 5.56 Å². The van der Waals surface area contributed by atoms with Gasteiger partial charge >= 0.3 is 11.7 Å². The number of H-pyrrole nitrogens is 1. The Morgan fingerprint density at radius 3 is 2.00 bits per heavy atom. The van der Waals surface area contributed by atoms with E-state index in [9.17, 15) is 19.5 Å². The molecule has 242 valence electrons. The number of nitrogens with zero attached hydrogens (tertiary/aromatic N) is 1. The van der Waals surface area contributed by atoms with Crippen LogP contribution in [0.2, 0.25) is 0 Å². The molecule has 2 N–H and O–H groups in total. The van der Waals surface area contributed by atoms with E-state index in [1.165, 1.54) is 25.3 Å². The predicted molar refractivity (Wildman–Crippen MR) is 171 cm³/mol. The molecule has 0 amide bonds. The molecule has 11 nitrogen and oxygen atoms in total. The van der Waals surface area contributed by atoms with Crippen molar-refractivity contribution in [3.05, 3.63) is 140 Å². The minimum absolute atomic E-state index is 0.156. The van der Waals surface area contributed by atoms with Crippen LogP contribution in [0, 0.1) is 6.92 Å². The third-order valence-electron chi connectivity index (χ3n) is 7.32. The number of aliphatic hydroxyl groups excluding tert-OH is 1. The van der Waals surface area contributed by atoms with E-state index in [0.29, 0.717) is 11.5 Å². The van der Waals surface area contributed by atoms with Gasteiger partial charge in [0.05, 0.1) is 34.0 Å². The fourth-order valence-corrected chi connectivity index (χ4v) is 5.00. The predicted octanol–water partition coefficient (Wildman–Crippen LogP) is 3.87. The summed E-state index contributed by atoms with van der Waals surface area (Å²) in [7, 11) is 3.17. The first-order valence-corrected chi connectivity index (χ1v) is 14.7. The first kappa shape index (κ1) is 33.9. The number of aryl methyl sites for hydroxylation is 1. The normalized spacial score (nSPS) is 12.9. The van der Waals surface area contributed by atoms with Gasteiger partial charge in [0.1, 0.15) is 23.2 Å². The summed E-state index contributed by atoms with van der Waals surface area (Å²) in [6.45, 7) is 2.62. The van der Waals surface area contributed by atoms with Crippen LogP contribution in [0.5, 0.6) is 11.5 Å². The number of carbonyl (C=O) groups is 1. The molecule has 0 fully saturated rings. The number of rotatable bonds is 15. The minimum Gasteiger partial charge on any atom is -0.497 e. The molecule has 4 rings (SSSR count). The van der Waals surface area contributed by atoms with E-state index in [1.807, 2.05) is 78.9 Å². The van der Waals surface area contributed by atoms with Crippen molar-refractivity contribution >= 4 is 5.97 Å². The van der Waals surface area contributed by atoms with Crippen molar-refractivity contribution in [2.45, 2.75) is 31.8 Å². The molecule has 1 aromatic heterocycles. The van der Waals surface area contributed by atoms with Gasteiger partial charge in [-0.3, -0.25) is 14.3 Å². The van der Waals surface area contributed by atoms with Gasteiger partial charge in [-0.25, -0.2) is 9.59 Å². The standard InChI is InChI=1S/C35H38N2O9/c1-5-44-32(39)20-19-30(46-31(22-38)37-21-24(2)33(40)36-34(37)41)23-45-35(25-9-7-6-8-10-25,26-11-15-28(42-3)16-12-26)27-13-17-29(43-4)18-14-27/h6-21,30-31,38H,5,22-23H2,1-4H3,(H,36,40,41)/b20-19+/t30-,31+/m0/s1. The number of benzene rings is 3. The van der Waals surface area contributed by atoms with E-state index in [4.69, 9.17) is 23.7 Å². The van der Waals surface area contributed by atoms with Crippen molar-refractivity contribution in [1.82, 2.24) is 9.55 Å². The fourth-order valence-electron chi connectivity index (χ4n) is 5.00. The molecule has 11 heteroatoms. The maximum Gasteiger partial charge on any atom is 0.330 e. The van der Waals surface area contributed by atoms with E-state index in [-0.39, 0.29) is 18.8 Å². The van der Waals surface area contributed by atoms with Crippen LogP contribution >= 0.6 is 0 Å². The molecule has 0 unspecified atom stereocenters. The molecule has 0 radical (unpaired) electrons. The zero-order chi connectivity index (χ0) is 33.1. The lowest BCUT2D eigenvalue weighted by molar-refractivity contribution is -0.137. The van der Waals surface area contributed by atoms with E-state index in [1.54, 1.807) is 21.1 Å². The second-order valence-corrected chi connectivity index (χ2v) is 10.2. The van der Waals surface area contributed by atoms with Crippen LogP contribution in [0.1, 0.15) is 35.4 Å². The third kappa shape index (κ3) is 7.81. The van der Waals surface area contributed by atoms with E-state index in [2.05, 4.69) is 4.98 Å². The van der Waals surface area contributed by atoms with E-state index >= 15 is 0 Å². The molecule has 4 aromatic rings. The van der Waals surface area contributed by atoms with Crippen LogP contribution < -0.4 is 20.7 Å². The number of aliphatic hydroxyl groups is 1. The number of ether oxygens (including phenoxy) is 5. The molecule has 0 aliphatic rings. The summed E-state index contributed by atoms with van der Waals surface area (Å²) >= 11 is 0. The average molecular weight is 631 g/mol. The van der Waals surface area contributed by atoms with Crippen LogP contribution in [-0.4, -0.2) is 60.8 Å². The summed E-state index contributed by atoms with van der Waals surface area (Å²) in [5, 5.41) is 10.3. The summed E-state index contributed by atoms with van der Waals surface area (Å²) < 4.78 is 30.1. The lowest BCUT2D eigenvalue weighted by Gasteiger charge is -2.37. The molecule has 0 spiro atoms. The Kier molecular flexibility index (Phi) is 11.7. The number of methoxy groups -OCH3 is 2. The highest BCUT2D eigenvalue weighted by Crippen LogP contribution is 2.42. The number of carbonyl (C=O) groups excluding carboxylic acids is 1. The fraction of sp³-hybridized carbons (Fsp3) is 0.286. The van der Waals surface area contributed by atoms with Gasteiger partial charge in [0.2, 0.25) is 0 Å². The van der Waals surface area contributed by atoms with Gasteiger partial charge in [0, 0.05) is 17.8 Å². The molecule has 3 aromatic carbocycles. The number of esters is 1. The first-order valence-electron chi connectivity index (χ1n) is 14.7. The average Bonchev–Trinajstić information content (AvgIpc) is 3.08. The molecule has 0 aliphatic carbocycles. The van der Waals surface area contributed by atoms with Gasteiger partial charge in [-0.15, -0.1) is 0 Å². The maximum atomic E-state index is 12.7. The summed E-state index contributed by atoms with van der Waals surface area (Å²) in [5.74, 6) is 0.714. The van der Waals surface area contributed by atoms with Crippen molar-refractivity contribution in [2.75, 3.05) is 34.0 Å². The van der Waals surface area contributed by atoms with Crippen molar-refractivity contribution in [3.8, 4) is 11.5 Å². The van der Waals surface area contributed by atoms with E-state index in [0.717, 1.165) is 21.3 Å². The highest BCUT2D eigenvalue weighted by molar-refractivity contribution is 5.81. The summed E-state index contributed by atoms with van der Waals surface area (Å²) in [6, 6.07) is 24.5. The zero-order valence-electron chi connectivity index (χ0n) is 26.2. The van der Waals surface area contributed by atoms with Gasteiger partial charge in [-0.05, 0) is 60.9 Å². The second kappa shape index (κ2) is 15.8. The van der Waals surface area contributed by atoms with Crippen molar-refractivity contribution in [3.63, 3.8) is 0 Å². The van der Waals surface area contributed by atoms with E-state index < -0.39 is 41.8 Å². The van der Waals surface area contributed by atoms with Crippen LogP contribution in [0.3, 0.4) is 0 Å². The van der Waals surface area contributed by atoms with Gasteiger partial charge in [-0.1, -0.05) is 54.6 Å². The Balaban J connectivity index is 1.83. The topological polar surface area (TPSA) is 138 Å². The summed E-state index contributed by atoms with van der Waals surface area (Å²) in [4.78, 5) is 39.2. The van der Waals surface area contributed by atoms with Crippen LogP contribution in [0.15, 0.2) is 107 Å². The quantitative estimate of drug-likeness (QED) is 0.114. The number of nitrogens with one attached hydrogen (secondary N) is 1. The van der Waals surface area contributed by atoms with Crippen LogP contribution in [-0.2, 0) is 24.6 Å². The highest BCUT2D eigenvalue weighted by atomic mass is 16.6. The van der Waals surface area contributed by atoms with Gasteiger partial charge < -0.3 is 28.8 Å². The monoisotopic (exact) mass is 630 g/mol. The number of aromatic nitrogens is 2. The Morgan fingerprint density at radius 2 is 1.48 bits per heavy atom. The van der Waals surface area contributed by atoms with Crippen molar-refractivity contribution in [2.24, 2.45) is 0 Å².